The van der Waals surface area contributed by atoms with Crippen LogP contribution in [0.5, 0.6) is 0 Å². The van der Waals surface area contributed by atoms with Crippen molar-refractivity contribution in [3.05, 3.63) is 11.1 Å². The van der Waals surface area contributed by atoms with E-state index in [0.29, 0.717) is 11.1 Å². The van der Waals surface area contributed by atoms with Gasteiger partial charge in [-0.3, -0.25) is 9.59 Å². The summed E-state index contributed by atoms with van der Waals surface area (Å²) in [7, 11) is 0. The van der Waals surface area contributed by atoms with Crippen LogP contribution in [-0.4, -0.2) is 58.1 Å². The van der Waals surface area contributed by atoms with E-state index in [9.17, 15) is 19.5 Å². The molecule has 8 fully saturated rings. The Labute approximate surface area is 153 Å². The van der Waals surface area contributed by atoms with Crippen molar-refractivity contribution in [1.82, 2.24) is 0 Å². The standard InChI is InChI=1S/C19H18O8/c1-6-9-12-10-11-7(2)13(24-12)17(15(22)25-11)4-3-16(27-14(6)21)5-8(20)26-19(9,16)18(10,17)23/h7,10-13,23H,3-5H2,1-2H3/t7?,10-,11-,12-,13?,16+,17-,18-,19+/m0/s1. The minimum Gasteiger partial charge on any atom is -0.461 e. The zero-order chi connectivity index (χ0) is 18.7. The van der Waals surface area contributed by atoms with E-state index >= 15 is 0 Å². The summed E-state index contributed by atoms with van der Waals surface area (Å²) in [6.45, 7) is 3.57. The lowest BCUT2D eigenvalue weighted by atomic mass is 9.41. The molecule has 6 aliphatic heterocycles. The molecule has 9 atom stereocenters. The topological polar surface area (TPSA) is 108 Å². The minimum atomic E-state index is -1.69. The monoisotopic (exact) mass is 374 g/mol. The number of aliphatic hydroxyl groups is 1. The van der Waals surface area contributed by atoms with Crippen LogP contribution in [-0.2, 0) is 33.3 Å². The second kappa shape index (κ2) is 3.67. The van der Waals surface area contributed by atoms with E-state index in [1.165, 1.54) is 0 Å². The molecule has 0 radical (unpaired) electrons. The molecule has 2 spiro atoms. The molecule has 3 aliphatic carbocycles. The molecule has 142 valence electrons. The van der Waals surface area contributed by atoms with Gasteiger partial charge in [-0.2, -0.15) is 0 Å². The first-order valence-corrected chi connectivity index (χ1v) is 9.50. The Kier molecular flexibility index (Phi) is 2.05. The molecule has 0 aromatic rings. The van der Waals surface area contributed by atoms with Gasteiger partial charge >= 0.3 is 17.9 Å². The van der Waals surface area contributed by atoms with Gasteiger partial charge < -0.3 is 24.1 Å². The van der Waals surface area contributed by atoms with E-state index < -0.39 is 64.4 Å². The van der Waals surface area contributed by atoms with Crippen LogP contribution in [0.3, 0.4) is 0 Å². The maximum absolute atomic E-state index is 13.1. The summed E-state index contributed by atoms with van der Waals surface area (Å²) >= 11 is 0. The molecule has 8 heteroatoms. The highest BCUT2D eigenvalue weighted by molar-refractivity contribution is 5.96. The molecule has 3 saturated carbocycles. The zero-order valence-corrected chi connectivity index (χ0v) is 14.8. The molecule has 2 unspecified atom stereocenters. The molecule has 0 aromatic carbocycles. The number of rotatable bonds is 0. The Morgan fingerprint density at radius 1 is 1.15 bits per heavy atom. The summed E-state index contributed by atoms with van der Waals surface area (Å²) in [5.41, 5.74) is -5.08. The number of hydrogen-bond donors (Lipinski definition) is 1. The van der Waals surface area contributed by atoms with Crippen molar-refractivity contribution >= 4 is 17.9 Å². The quantitative estimate of drug-likeness (QED) is 0.458. The van der Waals surface area contributed by atoms with Crippen molar-refractivity contribution in [3.8, 4) is 0 Å². The molecular weight excluding hydrogens is 356 g/mol. The fourth-order valence-corrected chi connectivity index (χ4v) is 7.94. The third-order valence-corrected chi connectivity index (χ3v) is 8.69. The van der Waals surface area contributed by atoms with Crippen molar-refractivity contribution in [2.75, 3.05) is 0 Å². The average Bonchev–Trinajstić information content (AvgIpc) is 3.00. The summed E-state index contributed by atoms with van der Waals surface area (Å²) in [4.78, 5) is 38.3. The zero-order valence-electron chi connectivity index (χ0n) is 14.8. The van der Waals surface area contributed by atoms with E-state index in [0.717, 1.165) is 0 Å². The molecule has 5 saturated heterocycles. The maximum Gasteiger partial charge on any atom is 0.334 e. The molecule has 6 bridgehead atoms. The van der Waals surface area contributed by atoms with Gasteiger partial charge in [0.1, 0.15) is 17.1 Å². The van der Waals surface area contributed by atoms with Crippen molar-refractivity contribution in [3.63, 3.8) is 0 Å². The average molecular weight is 374 g/mol. The minimum absolute atomic E-state index is 0.0806. The first-order chi connectivity index (χ1) is 12.8. The maximum atomic E-state index is 13.1. The molecular formula is C19H18O8. The Bertz CT molecular complexity index is 938. The van der Waals surface area contributed by atoms with Crippen molar-refractivity contribution in [2.45, 2.75) is 68.2 Å². The smallest absolute Gasteiger partial charge is 0.334 e. The van der Waals surface area contributed by atoms with Crippen LogP contribution in [0.4, 0.5) is 0 Å². The fraction of sp³-hybridized carbons (Fsp3) is 0.737. The molecule has 27 heavy (non-hydrogen) atoms. The molecule has 1 N–H and O–H groups in total. The summed E-state index contributed by atoms with van der Waals surface area (Å²) in [5, 5.41) is 12.4. The van der Waals surface area contributed by atoms with Gasteiger partial charge in [-0.15, -0.1) is 0 Å². The van der Waals surface area contributed by atoms with Crippen LogP contribution in [0.1, 0.15) is 33.1 Å². The van der Waals surface area contributed by atoms with Gasteiger partial charge in [-0.25, -0.2) is 4.79 Å². The van der Waals surface area contributed by atoms with Crippen LogP contribution in [0, 0.1) is 17.3 Å². The van der Waals surface area contributed by atoms with Crippen LogP contribution in [0.2, 0.25) is 0 Å². The Morgan fingerprint density at radius 2 is 1.93 bits per heavy atom. The fourth-order valence-electron chi connectivity index (χ4n) is 7.94. The molecule has 8 nitrogen and oxygen atoms in total. The lowest BCUT2D eigenvalue weighted by Crippen LogP contribution is -2.88. The van der Waals surface area contributed by atoms with Gasteiger partial charge in [0.25, 0.3) is 0 Å². The van der Waals surface area contributed by atoms with Crippen LogP contribution < -0.4 is 0 Å². The number of carbonyl (C=O) groups excluding carboxylic acids is 3. The summed E-state index contributed by atoms with van der Waals surface area (Å²) in [5.74, 6) is -2.20. The SMILES string of the molecule is CC1=C2[C@@H]3OC4C(C)[C@@H]5OC(=O)[C@]46CC[C@]4(CC(=O)O[C@]24[C@]6(O)[C@H]35)OC1=O. The van der Waals surface area contributed by atoms with E-state index in [2.05, 4.69) is 0 Å². The Morgan fingerprint density at radius 3 is 2.70 bits per heavy atom. The van der Waals surface area contributed by atoms with E-state index in [1.54, 1.807) is 6.92 Å². The molecule has 9 rings (SSSR count). The number of ether oxygens (including phenoxy) is 4. The molecule has 6 heterocycles. The predicted molar refractivity (Wildman–Crippen MR) is 82.8 cm³/mol. The first kappa shape index (κ1) is 15.0. The highest BCUT2D eigenvalue weighted by Crippen LogP contribution is 2.80. The number of fused-ring (bicyclic) bond motifs is 1. The van der Waals surface area contributed by atoms with Crippen molar-refractivity contribution < 1.29 is 38.4 Å². The van der Waals surface area contributed by atoms with E-state index in [1.807, 2.05) is 6.92 Å². The molecule has 0 amide bonds. The normalized spacial score (nSPS) is 61.0. The lowest BCUT2D eigenvalue weighted by Gasteiger charge is -2.70. The van der Waals surface area contributed by atoms with Gasteiger partial charge in [0, 0.05) is 17.1 Å². The summed E-state index contributed by atoms with van der Waals surface area (Å²) in [6.07, 6.45) is -1.36. The summed E-state index contributed by atoms with van der Waals surface area (Å²) < 4.78 is 23.9. The predicted octanol–water partition coefficient (Wildman–Crippen LogP) is -0.232. The summed E-state index contributed by atoms with van der Waals surface area (Å²) in [6, 6.07) is 0. The third-order valence-electron chi connectivity index (χ3n) is 8.69. The highest BCUT2D eigenvalue weighted by Gasteiger charge is 2.97. The number of carbonyl (C=O) groups is 3. The Balaban J connectivity index is 1.66. The second-order valence-corrected chi connectivity index (χ2v) is 9.22. The van der Waals surface area contributed by atoms with Gasteiger partial charge in [0.15, 0.2) is 5.60 Å². The number of hydrogen-bond acceptors (Lipinski definition) is 8. The molecule has 9 aliphatic rings. The van der Waals surface area contributed by atoms with Crippen molar-refractivity contribution in [2.24, 2.45) is 17.3 Å². The van der Waals surface area contributed by atoms with Gasteiger partial charge in [0.2, 0.25) is 5.60 Å². The van der Waals surface area contributed by atoms with Crippen LogP contribution in [0.25, 0.3) is 0 Å². The van der Waals surface area contributed by atoms with E-state index in [4.69, 9.17) is 18.9 Å². The highest BCUT2D eigenvalue weighted by atomic mass is 16.6. The largest absolute Gasteiger partial charge is 0.461 e. The van der Waals surface area contributed by atoms with E-state index in [-0.39, 0.29) is 25.2 Å². The second-order valence-electron chi connectivity index (χ2n) is 9.22. The van der Waals surface area contributed by atoms with Crippen LogP contribution in [0.15, 0.2) is 11.1 Å². The van der Waals surface area contributed by atoms with Gasteiger partial charge in [-0.1, -0.05) is 6.92 Å². The van der Waals surface area contributed by atoms with Crippen LogP contribution >= 0.6 is 0 Å². The molecule has 0 aromatic heterocycles. The Hall–Kier alpha value is -1.93. The first-order valence-electron chi connectivity index (χ1n) is 9.50. The lowest BCUT2D eigenvalue weighted by molar-refractivity contribution is -0.389. The van der Waals surface area contributed by atoms with Crippen molar-refractivity contribution in [1.29, 1.82) is 0 Å². The van der Waals surface area contributed by atoms with Gasteiger partial charge in [-0.05, 0) is 19.8 Å². The number of esters is 3. The van der Waals surface area contributed by atoms with Gasteiger partial charge in [0.05, 0.1) is 24.5 Å². The third kappa shape index (κ3) is 1.02.